The molecule has 2 aromatic carbocycles. The van der Waals surface area contributed by atoms with Gasteiger partial charge < -0.3 is 15.5 Å². The van der Waals surface area contributed by atoms with Gasteiger partial charge in [-0.15, -0.1) is 0 Å². The molecule has 0 saturated heterocycles. The molecule has 0 unspecified atom stereocenters. The van der Waals surface area contributed by atoms with Gasteiger partial charge in [0.1, 0.15) is 0 Å². The van der Waals surface area contributed by atoms with Gasteiger partial charge >= 0.3 is 0 Å². The molecule has 0 bridgehead atoms. The molecule has 0 saturated carbocycles. The Morgan fingerprint density at radius 2 is 1.62 bits per heavy atom. The zero-order chi connectivity index (χ0) is 17.5. The van der Waals surface area contributed by atoms with Crippen molar-refractivity contribution in [3.63, 3.8) is 0 Å². The van der Waals surface area contributed by atoms with Gasteiger partial charge in [0.25, 0.3) is 11.8 Å². The first kappa shape index (κ1) is 18.0. The molecular weight excluding hydrogens is 326 g/mol. The molecule has 0 atom stereocenters. The second-order valence-electron chi connectivity index (χ2n) is 5.60. The van der Waals surface area contributed by atoms with E-state index in [1.54, 1.807) is 48.5 Å². The number of likely N-dealkylation sites (N-methyl/N-ethyl adjacent to an activating group) is 1. The zero-order valence-electron chi connectivity index (χ0n) is 13.7. The summed E-state index contributed by atoms with van der Waals surface area (Å²) in [6.07, 6.45) is 0. The second kappa shape index (κ2) is 8.47. The lowest BCUT2D eigenvalue weighted by molar-refractivity contribution is 0.0951. The average molecular weight is 346 g/mol. The maximum Gasteiger partial charge on any atom is 0.255 e. The third-order valence-electron chi connectivity index (χ3n) is 3.33. The summed E-state index contributed by atoms with van der Waals surface area (Å²) in [5, 5.41) is 6.20. The van der Waals surface area contributed by atoms with E-state index in [0.717, 1.165) is 6.54 Å². The molecule has 0 radical (unpaired) electrons. The summed E-state index contributed by atoms with van der Waals surface area (Å²) in [6.45, 7) is 1.30. The van der Waals surface area contributed by atoms with Crippen molar-refractivity contribution in [3.8, 4) is 0 Å². The minimum atomic E-state index is -0.278. The molecule has 2 aromatic rings. The highest BCUT2D eigenvalue weighted by molar-refractivity contribution is 6.30. The monoisotopic (exact) mass is 345 g/mol. The van der Waals surface area contributed by atoms with Crippen LogP contribution in [0.1, 0.15) is 20.7 Å². The highest BCUT2D eigenvalue weighted by atomic mass is 35.5. The number of carbonyl (C=O) groups excluding carboxylic acids is 2. The Balaban J connectivity index is 2.02. The topological polar surface area (TPSA) is 61.4 Å². The number of hydrogen-bond donors (Lipinski definition) is 2. The number of rotatable bonds is 6. The molecule has 0 aliphatic carbocycles. The highest BCUT2D eigenvalue weighted by Gasteiger charge is 2.10. The molecular formula is C18H20ClN3O2. The SMILES string of the molecule is CN(C)CCNC(=O)c1cccc(C(=O)Nc2ccc(Cl)cc2)c1. The molecule has 24 heavy (non-hydrogen) atoms. The van der Waals surface area contributed by atoms with E-state index in [0.29, 0.717) is 28.4 Å². The van der Waals surface area contributed by atoms with Crippen molar-refractivity contribution in [1.29, 1.82) is 0 Å². The van der Waals surface area contributed by atoms with Crippen LogP contribution in [0.2, 0.25) is 5.02 Å². The molecule has 2 N–H and O–H groups in total. The minimum Gasteiger partial charge on any atom is -0.351 e. The van der Waals surface area contributed by atoms with Crippen LogP contribution in [0.15, 0.2) is 48.5 Å². The Labute approximate surface area is 146 Å². The maximum absolute atomic E-state index is 12.3. The van der Waals surface area contributed by atoms with Crippen LogP contribution >= 0.6 is 11.6 Å². The first-order valence-electron chi connectivity index (χ1n) is 7.55. The zero-order valence-corrected chi connectivity index (χ0v) is 14.4. The van der Waals surface area contributed by atoms with Crippen molar-refractivity contribution in [2.75, 3.05) is 32.5 Å². The number of benzene rings is 2. The van der Waals surface area contributed by atoms with Gasteiger partial charge in [0, 0.05) is 34.9 Å². The van der Waals surface area contributed by atoms with Crippen molar-refractivity contribution in [2.24, 2.45) is 0 Å². The fourth-order valence-corrected chi connectivity index (χ4v) is 2.16. The Hall–Kier alpha value is -2.37. The summed E-state index contributed by atoms with van der Waals surface area (Å²) in [4.78, 5) is 26.4. The number of anilines is 1. The standard InChI is InChI=1S/C18H20ClN3O2/c1-22(2)11-10-20-17(23)13-4-3-5-14(12-13)18(24)21-16-8-6-15(19)7-9-16/h3-9,12H,10-11H2,1-2H3,(H,20,23)(H,21,24). The number of amides is 2. The fourth-order valence-electron chi connectivity index (χ4n) is 2.03. The summed E-state index contributed by atoms with van der Waals surface area (Å²) in [7, 11) is 3.88. The van der Waals surface area contributed by atoms with Crippen LogP contribution in [0, 0.1) is 0 Å². The molecule has 2 amide bonds. The van der Waals surface area contributed by atoms with Crippen LogP contribution < -0.4 is 10.6 Å². The van der Waals surface area contributed by atoms with Crippen LogP contribution in [0.4, 0.5) is 5.69 Å². The van der Waals surface area contributed by atoms with Gasteiger partial charge in [0.05, 0.1) is 0 Å². The van der Waals surface area contributed by atoms with Crippen LogP contribution in [-0.4, -0.2) is 43.9 Å². The van der Waals surface area contributed by atoms with Gasteiger partial charge in [-0.25, -0.2) is 0 Å². The van der Waals surface area contributed by atoms with Crippen LogP contribution in [0.5, 0.6) is 0 Å². The van der Waals surface area contributed by atoms with E-state index < -0.39 is 0 Å². The number of nitrogens with one attached hydrogen (secondary N) is 2. The summed E-state index contributed by atoms with van der Waals surface area (Å²) in [5.41, 5.74) is 1.52. The van der Waals surface area contributed by atoms with Gasteiger partial charge in [0.2, 0.25) is 0 Å². The highest BCUT2D eigenvalue weighted by Crippen LogP contribution is 2.15. The third kappa shape index (κ3) is 5.37. The van der Waals surface area contributed by atoms with E-state index in [-0.39, 0.29) is 11.8 Å². The van der Waals surface area contributed by atoms with E-state index in [2.05, 4.69) is 10.6 Å². The number of carbonyl (C=O) groups is 2. The smallest absolute Gasteiger partial charge is 0.255 e. The van der Waals surface area contributed by atoms with Gasteiger partial charge in [0.15, 0.2) is 0 Å². The van der Waals surface area contributed by atoms with Crippen molar-refractivity contribution < 1.29 is 9.59 Å². The summed E-state index contributed by atoms with van der Waals surface area (Å²) >= 11 is 5.82. The molecule has 0 fully saturated rings. The second-order valence-corrected chi connectivity index (χ2v) is 6.04. The first-order chi connectivity index (χ1) is 11.5. The Bertz CT molecular complexity index is 714. The largest absolute Gasteiger partial charge is 0.351 e. The molecule has 126 valence electrons. The summed E-state index contributed by atoms with van der Waals surface area (Å²) in [5.74, 6) is -0.474. The van der Waals surface area contributed by atoms with Crippen molar-refractivity contribution in [1.82, 2.24) is 10.2 Å². The number of hydrogen-bond acceptors (Lipinski definition) is 3. The van der Waals surface area contributed by atoms with E-state index in [1.165, 1.54) is 0 Å². The Morgan fingerprint density at radius 1 is 1.00 bits per heavy atom. The fraction of sp³-hybridized carbons (Fsp3) is 0.222. The number of nitrogens with zero attached hydrogens (tertiary/aromatic N) is 1. The molecule has 0 spiro atoms. The van der Waals surface area contributed by atoms with Crippen molar-refractivity contribution >= 4 is 29.1 Å². The van der Waals surface area contributed by atoms with Crippen molar-refractivity contribution in [3.05, 3.63) is 64.7 Å². The van der Waals surface area contributed by atoms with Crippen LogP contribution in [0.25, 0.3) is 0 Å². The molecule has 0 aliphatic heterocycles. The predicted octanol–water partition coefficient (Wildman–Crippen LogP) is 2.88. The van der Waals surface area contributed by atoms with Gasteiger partial charge in [-0.1, -0.05) is 17.7 Å². The predicted molar refractivity (Wildman–Crippen MR) is 96.7 cm³/mol. The summed E-state index contributed by atoms with van der Waals surface area (Å²) < 4.78 is 0. The lowest BCUT2D eigenvalue weighted by Crippen LogP contribution is -2.31. The average Bonchev–Trinajstić information content (AvgIpc) is 2.56. The quantitative estimate of drug-likeness (QED) is 0.846. The van der Waals surface area contributed by atoms with E-state index >= 15 is 0 Å². The molecule has 2 rings (SSSR count). The van der Waals surface area contributed by atoms with E-state index in [9.17, 15) is 9.59 Å². The maximum atomic E-state index is 12.3. The number of halogens is 1. The summed E-state index contributed by atoms with van der Waals surface area (Å²) in [6, 6.07) is 13.5. The van der Waals surface area contributed by atoms with E-state index in [1.807, 2.05) is 19.0 Å². The molecule has 6 heteroatoms. The molecule has 0 aliphatic rings. The van der Waals surface area contributed by atoms with Crippen molar-refractivity contribution in [2.45, 2.75) is 0 Å². The van der Waals surface area contributed by atoms with E-state index in [4.69, 9.17) is 11.6 Å². The minimum absolute atomic E-state index is 0.196. The van der Waals surface area contributed by atoms with Gasteiger partial charge in [-0.3, -0.25) is 9.59 Å². The van der Waals surface area contributed by atoms with Crippen LogP contribution in [0.3, 0.4) is 0 Å². The molecule has 0 aromatic heterocycles. The first-order valence-corrected chi connectivity index (χ1v) is 7.93. The normalized spacial score (nSPS) is 10.5. The molecule has 0 heterocycles. The lowest BCUT2D eigenvalue weighted by atomic mass is 10.1. The van der Waals surface area contributed by atoms with Gasteiger partial charge in [-0.2, -0.15) is 0 Å². The Kier molecular flexibility index (Phi) is 6.35. The van der Waals surface area contributed by atoms with Crippen LogP contribution in [-0.2, 0) is 0 Å². The third-order valence-corrected chi connectivity index (χ3v) is 3.59. The Morgan fingerprint density at radius 3 is 2.25 bits per heavy atom. The lowest BCUT2D eigenvalue weighted by Gasteiger charge is -2.11. The van der Waals surface area contributed by atoms with Gasteiger partial charge in [-0.05, 0) is 56.6 Å². The molecule has 5 nitrogen and oxygen atoms in total.